The minimum absolute atomic E-state index is 0.0743. The maximum atomic E-state index is 12.3. The molecule has 2 rings (SSSR count). The lowest BCUT2D eigenvalue weighted by Gasteiger charge is -2.30. The zero-order valence-corrected chi connectivity index (χ0v) is 15.1. The van der Waals surface area contributed by atoms with Gasteiger partial charge in [0, 0.05) is 19.0 Å². The van der Waals surface area contributed by atoms with Gasteiger partial charge >= 0.3 is 5.97 Å². The topological polar surface area (TPSA) is 67.9 Å². The molecule has 1 aromatic rings. The first-order valence-electron chi connectivity index (χ1n) is 8.82. The summed E-state index contributed by atoms with van der Waals surface area (Å²) in [4.78, 5) is 25.7. The second kappa shape index (κ2) is 10.0. The van der Waals surface area contributed by atoms with Gasteiger partial charge in [0.15, 0.2) is 0 Å². The molecule has 25 heavy (non-hydrogen) atoms. The molecule has 1 fully saturated rings. The molecule has 0 bridgehead atoms. The van der Waals surface area contributed by atoms with Crippen molar-refractivity contribution < 1.29 is 19.1 Å². The third-order valence-electron chi connectivity index (χ3n) is 4.69. The van der Waals surface area contributed by atoms with E-state index in [0.29, 0.717) is 19.5 Å². The Hall–Kier alpha value is -2.08. The molecule has 0 radical (unpaired) electrons. The van der Waals surface area contributed by atoms with E-state index in [2.05, 4.69) is 15.0 Å². The number of amides is 1. The molecule has 0 saturated carbocycles. The van der Waals surface area contributed by atoms with Crippen molar-refractivity contribution in [3.05, 3.63) is 29.8 Å². The second-order valence-corrected chi connectivity index (χ2v) is 6.33. The van der Waals surface area contributed by atoms with Crippen LogP contribution in [0.2, 0.25) is 0 Å². The Labute approximate surface area is 149 Å². The van der Waals surface area contributed by atoms with Crippen molar-refractivity contribution in [1.29, 1.82) is 0 Å². The van der Waals surface area contributed by atoms with Crippen molar-refractivity contribution in [2.75, 3.05) is 40.4 Å². The summed E-state index contributed by atoms with van der Waals surface area (Å²) < 4.78 is 9.79. The highest BCUT2D eigenvalue weighted by atomic mass is 16.5. The third kappa shape index (κ3) is 6.38. The molecule has 1 aliphatic heterocycles. The molecule has 6 heteroatoms. The van der Waals surface area contributed by atoms with Crippen LogP contribution in [0.4, 0.5) is 0 Å². The van der Waals surface area contributed by atoms with Crippen molar-refractivity contribution >= 4 is 11.9 Å². The number of methoxy groups -OCH3 is 2. The number of hydrogen-bond acceptors (Lipinski definition) is 5. The molecule has 1 amide bonds. The first-order valence-corrected chi connectivity index (χ1v) is 8.82. The standard InChI is InChI=1S/C19H28N2O4/c1-24-17-5-3-15(4-6-17)7-11-20-19(23)16-8-12-21(13-9-16)14-10-18(22)25-2/h3-6,16H,7-14H2,1-2H3,(H,20,23). The lowest BCUT2D eigenvalue weighted by atomic mass is 9.95. The molecule has 0 atom stereocenters. The van der Waals surface area contributed by atoms with Crippen LogP contribution in [0.25, 0.3) is 0 Å². The highest BCUT2D eigenvalue weighted by molar-refractivity contribution is 5.78. The smallest absolute Gasteiger partial charge is 0.306 e. The zero-order valence-electron chi connectivity index (χ0n) is 15.1. The van der Waals surface area contributed by atoms with Gasteiger partial charge in [-0.15, -0.1) is 0 Å². The second-order valence-electron chi connectivity index (χ2n) is 6.33. The molecule has 0 unspecified atom stereocenters. The summed E-state index contributed by atoms with van der Waals surface area (Å²) in [7, 11) is 3.06. The van der Waals surface area contributed by atoms with Gasteiger partial charge in [-0.1, -0.05) is 12.1 Å². The molecule has 1 aliphatic rings. The summed E-state index contributed by atoms with van der Waals surface area (Å²) in [5, 5.41) is 3.04. The van der Waals surface area contributed by atoms with Crippen LogP contribution < -0.4 is 10.1 Å². The number of esters is 1. The van der Waals surface area contributed by atoms with Crippen LogP contribution in [-0.4, -0.2) is 57.2 Å². The number of rotatable bonds is 8. The molecule has 1 heterocycles. The molecule has 1 saturated heterocycles. The van der Waals surface area contributed by atoms with Gasteiger partial charge in [0.2, 0.25) is 5.91 Å². The van der Waals surface area contributed by atoms with Crippen LogP contribution in [0, 0.1) is 5.92 Å². The fourth-order valence-electron chi connectivity index (χ4n) is 3.04. The molecule has 1 aromatic carbocycles. The predicted molar refractivity (Wildman–Crippen MR) is 95.5 cm³/mol. The van der Waals surface area contributed by atoms with Gasteiger partial charge in [-0.2, -0.15) is 0 Å². The van der Waals surface area contributed by atoms with Gasteiger partial charge in [0.1, 0.15) is 5.75 Å². The van der Waals surface area contributed by atoms with Crippen molar-refractivity contribution in [3.63, 3.8) is 0 Å². The summed E-state index contributed by atoms with van der Waals surface area (Å²) in [5.74, 6) is 0.872. The Morgan fingerprint density at radius 3 is 2.44 bits per heavy atom. The average Bonchev–Trinajstić information content (AvgIpc) is 2.66. The number of ether oxygens (including phenoxy) is 2. The van der Waals surface area contributed by atoms with E-state index in [0.717, 1.165) is 38.1 Å². The highest BCUT2D eigenvalue weighted by Gasteiger charge is 2.24. The zero-order chi connectivity index (χ0) is 18.1. The Kier molecular flexibility index (Phi) is 7.73. The fourth-order valence-corrected chi connectivity index (χ4v) is 3.04. The fraction of sp³-hybridized carbons (Fsp3) is 0.579. The van der Waals surface area contributed by atoms with E-state index < -0.39 is 0 Å². The van der Waals surface area contributed by atoms with Crippen LogP contribution >= 0.6 is 0 Å². The van der Waals surface area contributed by atoms with Gasteiger partial charge in [0.05, 0.1) is 20.6 Å². The normalized spacial score (nSPS) is 15.6. The SMILES string of the molecule is COC(=O)CCN1CCC(C(=O)NCCc2ccc(OC)cc2)CC1. The first-order chi connectivity index (χ1) is 12.1. The molecule has 6 nitrogen and oxygen atoms in total. The predicted octanol–water partition coefficient (Wildman–Crippen LogP) is 1.63. The van der Waals surface area contributed by atoms with E-state index >= 15 is 0 Å². The maximum absolute atomic E-state index is 12.3. The first kappa shape index (κ1) is 19.2. The summed E-state index contributed by atoms with van der Waals surface area (Å²) in [5.41, 5.74) is 1.18. The largest absolute Gasteiger partial charge is 0.497 e. The Morgan fingerprint density at radius 2 is 1.84 bits per heavy atom. The van der Waals surface area contributed by atoms with E-state index in [1.165, 1.54) is 12.7 Å². The average molecular weight is 348 g/mol. The number of hydrogen-bond donors (Lipinski definition) is 1. The number of nitrogens with zero attached hydrogens (tertiary/aromatic N) is 1. The molecule has 0 aliphatic carbocycles. The van der Waals surface area contributed by atoms with Crippen LogP contribution in [-0.2, 0) is 20.7 Å². The number of benzene rings is 1. The molecule has 0 spiro atoms. The summed E-state index contributed by atoms with van der Waals surface area (Å²) in [6.45, 7) is 3.06. The maximum Gasteiger partial charge on any atom is 0.306 e. The quantitative estimate of drug-likeness (QED) is 0.723. The van der Waals surface area contributed by atoms with E-state index in [-0.39, 0.29) is 17.8 Å². The minimum Gasteiger partial charge on any atom is -0.497 e. The van der Waals surface area contributed by atoms with Crippen LogP contribution in [0.1, 0.15) is 24.8 Å². The van der Waals surface area contributed by atoms with Gasteiger partial charge in [0.25, 0.3) is 0 Å². The molecule has 138 valence electrons. The van der Waals surface area contributed by atoms with Gasteiger partial charge in [-0.25, -0.2) is 0 Å². The number of likely N-dealkylation sites (tertiary alicyclic amines) is 1. The Balaban J connectivity index is 1.64. The van der Waals surface area contributed by atoms with Crippen molar-refractivity contribution in [3.8, 4) is 5.75 Å². The van der Waals surface area contributed by atoms with Gasteiger partial charge in [-0.3, -0.25) is 9.59 Å². The van der Waals surface area contributed by atoms with E-state index in [9.17, 15) is 9.59 Å². The lowest BCUT2D eigenvalue weighted by molar-refractivity contribution is -0.141. The highest BCUT2D eigenvalue weighted by Crippen LogP contribution is 2.17. The minimum atomic E-state index is -0.182. The number of carbonyl (C=O) groups excluding carboxylic acids is 2. The third-order valence-corrected chi connectivity index (χ3v) is 4.69. The van der Waals surface area contributed by atoms with Crippen LogP contribution in [0.5, 0.6) is 5.75 Å². The monoisotopic (exact) mass is 348 g/mol. The summed E-state index contributed by atoms with van der Waals surface area (Å²) >= 11 is 0. The summed E-state index contributed by atoms with van der Waals surface area (Å²) in [6.07, 6.45) is 2.91. The van der Waals surface area contributed by atoms with Crippen LogP contribution in [0.15, 0.2) is 24.3 Å². The lowest BCUT2D eigenvalue weighted by Crippen LogP contribution is -2.41. The molecule has 0 aromatic heterocycles. The van der Waals surface area contributed by atoms with E-state index in [1.54, 1.807) is 7.11 Å². The molecular weight excluding hydrogens is 320 g/mol. The van der Waals surface area contributed by atoms with E-state index in [4.69, 9.17) is 4.74 Å². The number of piperidine rings is 1. The van der Waals surface area contributed by atoms with Crippen molar-refractivity contribution in [2.45, 2.75) is 25.7 Å². The Morgan fingerprint density at radius 1 is 1.16 bits per heavy atom. The molecular formula is C19H28N2O4. The number of nitrogens with one attached hydrogen (secondary N) is 1. The van der Waals surface area contributed by atoms with Gasteiger partial charge in [-0.05, 0) is 50.0 Å². The Bertz CT molecular complexity index is 551. The van der Waals surface area contributed by atoms with Crippen molar-refractivity contribution in [1.82, 2.24) is 10.2 Å². The van der Waals surface area contributed by atoms with Crippen molar-refractivity contribution in [2.24, 2.45) is 5.92 Å². The molecule has 1 N–H and O–H groups in total. The van der Waals surface area contributed by atoms with Gasteiger partial charge < -0.3 is 19.7 Å². The van der Waals surface area contributed by atoms with Crippen LogP contribution in [0.3, 0.4) is 0 Å². The number of carbonyl (C=O) groups is 2. The summed E-state index contributed by atoms with van der Waals surface area (Å²) in [6, 6.07) is 7.90. The van der Waals surface area contributed by atoms with E-state index in [1.807, 2.05) is 24.3 Å².